The number of para-hydroxylation sites is 1. The quantitative estimate of drug-likeness (QED) is 0.794. The normalized spacial score (nSPS) is 24.2. The minimum Gasteiger partial charge on any atom is -0.388 e. The largest absolute Gasteiger partial charge is 0.388 e. The molecule has 2 N–H and O–H groups in total. The topological polar surface area (TPSA) is 48.0 Å². The Kier molecular flexibility index (Phi) is 6.63. The maximum absolute atomic E-state index is 10.4. The molecule has 1 fully saturated rings. The van der Waals surface area contributed by atoms with Crippen molar-refractivity contribution in [2.45, 2.75) is 45.1 Å². The molecule has 1 aromatic rings. The molecule has 0 bridgehead atoms. The number of nitrogens with one attached hydrogen (secondary N) is 1. The van der Waals surface area contributed by atoms with E-state index in [0.29, 0.717) is 13.1 Å². The lowest BCUT2D eigenvalue weighted by molar-refractivity contribution is -0.00526. The van der Waals surface area contributed by atoms with Crippen LogP contribution < -0.4 is 10.2 Å². The summed E-state index contributed by atoms with van der Waals surface area (Å²) < 4.78 is 5.85. The predicted octanol–water partition coefficient (Wildman–Crippen LogP) is 1.70. The highest BCUT2D eigenvalue weighted by atomic mass is 16.5. The van der Waals surface area contributed by atoms with Crippen molar-refractivity contribution in [1.82, 2.24) is 10.2 Å². The zero-order valence-electron chi connectivity index (χ0n) is 15.7. The molecule has 2 rings (SSSR count). The molecule has 1 aliphatic heterocycles. The first-order valence-corrected chi connectivity index (χ1v) is 8.83. The van der Waals surface area contributed by atoms with Crippen molar-refractivity contribution in [2.75, 3.05) is 45.2 Å². The number of morpholine rings is 1. The highest BCUT2D eigenvalue weighted by Crippen LogP contribution is 2.24. The smallest absolute Gasteiger partial charge is 0.0869 e. The number of nitrogens with zero attached hydrogens (tertiary/aromatic N) is 2. The monoisotopic (exact) mass is 335 g/mol. The van der Waals surface area contributed by atoms with Gasteiger partial charge in [0.15, 0.2) is 0 Å². The van der Waals surface area contributed by atoms with Gasteiger partial charge in [0.25, 0.3) is 0 Å². The fraction of sp³-hybridized carbons (Fsp3) is 0.684. The number of benzene rings is 1. The van der Waals surface area contributed by atoms with Crippen LogP contribution in [0.5, 0.6) is 0 Å². The fourth-order valence-corrected chi connectivity index (χ4v) is 3.55. The molecular weight excluding hydrogens is 302 g/mol. The van der Waals surface area contributed by atoms with Gasteiger partial charge in [-0.1, -0.05) is 18.2 Å². The minimum absolute atomic E-state index is 0.246. The maximum Gasteiger partial charge on any atom is 0.0869 e. The van der Waals surface area contributed by atoms with Crippen LogP contribution in [0.2, 0.25) is 0 Å². The van der Waals surface area contributed by atoms with E-state index in [1.807, 2.05) is 25.9 Å². The third-order valence-electron chi connectivity index (χ3n) is 4.23. The highest BCUT2D eigenvalue weighted by molar-refractivity contribution is 5.54. The van der Waals surface area contributed by atoms with Crippen LogP contribution >= 0.6 is 0 Å². The van der Waals surface area contributed by atoms with Crippen LogP contribution in [0.25, 0.3) is 0 Å². The minimum atomic E-state index is -0.736. The molecule has 5 heteroatoms. The van der Waals surface area contributed by atoms with E-state index in [4.69, 9.17) is 4.74 Å². The number of ether oxygens (including phenoxy) is 1. The maximum atomic E-state index is 10.4. The van der Waals surface area contributed by atoms with E-state index in [0.717, 1.165) is 19.6 Å². The molecule has 0 spiro atoms. The molecule has 1 aliphatic rings. The van der Waals surface area contributed by atoms with Crippen molar-refractivity contribution < 1.29 is 9.84 Å². The molecule has 1 heterocycles. The first-order valence-electron chi connectivity index (χ1n) is 8.83. The van der Waals surface area contributed by atoms with Gasteiger partial charge in [-0.05, 0) is 46.5 Å². The van der Waals surface area contributed by atoms with Crippen LogP contribution in [0.4, 0.5) is 5.69 Å². The Balaban J connectivity index is 1.99. The van der Waals surface area contributed by atoms with Crippen molar-refractivity contribution in [1.29, 1.82) is 0 Å². The Hall–Kier alpha value is -1.14. The Morgan fingerprint density at radius 1 is 1.25 bits per heavy atom. The van der Waals surface area contributed by atoms with Crippen LogP contribution in [-0.4, -0.2) is 68.1 Å². The van der Waals surface area contributed by atoms with E-state index in [1.165, 1.54) is 11.3 Å². The number of anilines is 1. The molecule has 3 unspecified atom stereocenters. The summed E-state index contributed by atoms with van der Waals surface area (Å²) in [6.45, 7) is 9.91. The number of rotatable bonds is 7. The first-order chi connectivity index (χ1) is 11.3. The van der Waals surface area contributed by atoms with Gasteiger partial charge in [-0.3, -0.25) is 0 Å². The van der Waals surface area contributed by atoms with Gasteiger partial charge >= 0.3 is 0 Å². The SMILES string of the molecule is CC1CN(c2ccccc2CNCC(C)(O)CN(C)C)CC(C)O1. The lowest BCUT2D eigenvalue weighted by Gasteiger charge is -2.38. The summed E-state index contributed by atoms with van der Waals surface area (Å²) in [6, 6.07) is 8.51. The fourth-order valence-electron chi connectivity index (χ4n) is 3.55. The molecule has 24 heavy (non-hydrogen) atoms. The molecule has 1 aromatic carbocycles. The van der Waals surface area contributed by atoms with Gasteiger partial charge in [-0.15, -0.1) is 0 Å². The summed E-state index contributed by atoms with van der Waals surface area (Å²) in [6.07, 6.45) is 0.492. The van der Waals surface area contributed by atoms with E-state index < -0.39 is 5.60 Å². The van der Waals surface area contributed by atoms with E-state index in [9.17, 15) is 5.11 Å². The Morgan fingerprint density at radius 3 is 2.50 bits per heavy atom. The van der Waals surface area contributed by atoms with Crippen LogP contribution in [0, 0.1) is 0 Å². The summed E-state index contributed by atoms with van der Waals surface area (Å²) in [5.41, 5.74) is 1.79. The van der Waals surface area contributed by atoms with Gasteiger partial charge in [-0.25, -0.2) is 0 Å². The molecule has 0 saturated carbocycles. The second-order valence-electron chi connectivity index (χ2n) is 7.63. The number of aliphatic hydroxyl groups is 1. The van der Waals surface area contributed by atoms with Gasteiger partial charge < -0.3 is 25.0 Å². The average Bonchev–Trinajstić information content (AvgIpc) is 2.45. The molecule has 5 nitrogen and oxygen atoms in total. The second-order valence-corrected chi connectivity index (χ2v) is 7.63. The predicted molar refractivity (Wildman–Crippen MR) is 99.5 cm³/mol. The van der Waals surface area contributed by atoms with Gasteiger partial charge in [-0.2, -0.15) is 0 Å². The zero-order valence-corrected chi connectivity index (χ0v) is 15.7. The van der Waals surface area contributed by atoms with E-state index >= 15 is 0 Å². The summed E-state index contributed by atoms with van der Waals surface area (Å²) in [4.78, 5) is 4.42. The molecule has 3 atom stereocenters. The lowest BCUT2D eigenvalue weighted by atomic mass is 10.1. The van der Waals surface area contributed by atoms with E-state index in [1.54, 1.807) is 0 Å². The lowest BCUT2D eigenvalue weighted by Crippen LogP contribution is -2.46. The molecule has 136 valence electrons. The Morgan fingerprint density at radius 2 is 1.88 bits per heavy atom. The summed E-state index contributed by atoms with van der Waals surface area (Å²) in [5.74, 6) is 0. The van der Waals surface area contributed by atoms with Gasteiger partial charge in [0.05, 0.1) is 17.8 Å². The van der Waals surface area contributed by atoms with Crippen molar-refractivity contribution >= 4 is 5.69 Å². The van der Waals surface area contributed by atoms with Crippen molar-refractivity contribution in [2.24, 2.45) is 0 Å². The van der Waals surface area contributed by atoms with Gasteiger partial charge in [0.2, 0.25) is 0 Å². The number of likely N-dealkylation sites (N-methyl/N-ethyl adjacent to an activating group) is 1. The number of hydrogen-bond acceptors (Lipinski definition) is 5. The van der Waals surface area contributed by atoms with Crippen molar-refractivity contribution in [3.63, 3.8) is 0 Å². The van der Waals surface area contributed by atoms with Crippen LogP contribution in [0.3, 0.4) is 0 Å². The summed E-state index contributed by atoms with van der Waals surface area (Å²) >= 11 is 0. The molecule has 0 amide bonds. The van der Waals surface area contributed by atoms with Crippen molar-refractivity contribution in [3.8, 4) is 0 Å². The average molecular weight is 335 g/mol. The molecule has 1 saturated heterocycles. The molecular formula is C19H33N3O2. The summed E-state index contributed by atoms with van der Waals surface area (Å²) in [5, 5.41) is 13.8. The van der Waals surface area contributed by atoms with Gasteiger partial charge in [0, 0.05) is 38.4 Å². The summed E-state index contributed by atoms with van der Waals surface area (Å²) in [7, 11) is 3.95. The third-order valence-corrected chi connectivity index (χ3v) is 4.23. The molecule has 0 aliphatic carbocycles. The highest BCUT2D eigenvalue weighted by Gasteiger charge is 2.24. The molecule has 0 aromatic heterocycles. The van der Waals surface area contributed by atoms with Crippen LogP contribution in [-0.2, 0) is 11.3 Å². The van der Waals surface area contributed by atoms with Crippen molar-refractivity contribution in [3.05, 3.63) is 29.8 Å². The zero-order chi connectivity index (χ0) is 17.7. The van der Waals surface area contributed by atoms with E-state index in [2.05, 4.69) is 48.3 Å². The van der Waals surface area contributed by atoms with Crippen LogP contribution in [0.15, 0.2) is 24.3 Å². The van der Waals surface area contributed by atoms with Crippen LogP contribution in [0.1, 0.15) is 26.3 Å². The molecule has 0 radical (unpaired) electrons. The Bertz CT molecular complexity index is 509. The van der Waals surface area contributed by atoms with E-state index in [-0.39, 0.29) is 12.2 Å². The first kappa shape index (κ1) is 19.2. The standard InChI is InChI=1S/C19H33N3O2/c1-15-11-22(12-16(2)24-15)18-9-7-6-8-17(18)10-20-13-19(3,23)14-21(4)5/h6-9,15-16,20,23H,10-14H2,1-5H3. The second kappa shape index (κ2) is 8.30. The number of hydrogen-bond donors (Lipinski definition) is 2. The Labute approximate surface area is 146 Å². The third kappa shape index (κ3) is 5.74. The van der Waals surface area contributed by atoms with Gasteiger partial charge in [0.1, 0.15) is 0 Å².